The van der Waals surface area contributed by atoms with Crippen molar-refractivity contribution in [2.45, 2.75) is 12.8 Å². The van der Waals surface area contributed by atoms with Crippen LogP contribution >= 0.6 is 11.3 Å². The van der Waals surface area contributed by atoms with E-state index in [1.165, 1.54) is 22.3 Å². The van der Waals surface area contributed by atoms with Gasteiger partial charge in [-0.1, -0.05) is 35.6 Å². The van der Waals surface area contributed by atoms with E-state index in [0.717, 1.165) is 18.5 Å². The summed E-state index contributed by atoms with van der Waals surface area (Å²) in [6.45, 7) is 0. The first kappa shape index (κ1) is 13.2. The minimum Gasteiger partial charge on any atom is -0.290 e. The molecule has 2 N–H and O–H groups in total. The minimum atomic E-state index is 0. The average molecular weight is 304 g/mol. The molecule has 1 aromatic heterocycles. The molecule has 0 bridgehead atoms. The number of thiazole rings is 1. The molecule has 6 heteroatoms. The van der Waals surface area contributed by atoms with Gasteiger partial charge in [-0.3, -0.25) is 10.7 Å². The molecule has 3 rings (SSSR count). The third-order valence-corrected chi connectivity index (χ3v) is 3.84. The van der Waals surface area contributed by atoms with E-state index in [-0.39, 0.29) is 16.8 Å². The number of hydrogen-bond donors (Lipinski definition) is 2. The molecule has 1 heterocycles. The molecule has 0 fully saturated rings. The van der Waals surface area contributed by atoms with E-state index in [1.807, 2.05) is 11.5 Å². The number of rotatable bonds is 2. The number of nitrogens with one attached hydrogen (secondary N) is 1. The van der Waals surface area contributed by atoms with E-state index in [0.29, 0.717) is 5.13 Å². The van der Waals surface area contributed by atoms with Gasteiger partial charge in [0.25, 0.3) is 0 Å². The van der Waals surface area contributed by atoms with E-state index in [9.17, 15) is 0 Å². The van der Waals surface area contributed by atoms with Gasteiger partial charge in [-0.25, -0.2) is 9.98 Å². The molecule has 0 spiro atoms. The molecule has 0 saturated heterocycles. The Labute approximate surface area is 119 Å². The van der Waals surface area contributed by atoms with Crippen molar-refractivity contribution in [3.05, 3.63) is 34.7 Å². The van der Waals surface area contributed by atoms with Crippen LogP contribution in [-0.4, -0.2) is 16.5 Å². The summed E-state index contributed by atoms with van der Waals surface area (Å²) in [5.74, 6) is 0. The van der Waals surface area contributed by atoms with Gasteiger partial charge in [0, 0.05) is 10.4 Å². The Morgan fingerprint density at radius 1 is 1.33 bits per heavy atom. The number of hydrogen-bond acceptors (Lipinski definition) is 4. The third kappa shape index (κ3) is 2.32. The molecule has 0 saturated carbocycles. The van der Waals surface area contributed by atoms with Crippen molar-refractivity contribution in [2.24, 2.45) is 4.99 Å². The topological polar surface area (TPSA) is 57.5 Å². The van der Waals surface area contributed by atoms with Crippen LogP contribution in [0, 0.1) is 0 Å². The Morgan fingerprint density at radius 2 is 2.17 bits per heavy atom. The number of aryl methyl sites for hydroxylation is 2. The monoisotopic (exact) mass is 304 g/mol. The summed E-state index contributed by atoms with van der Waals surface area (Å²) < 4.78 is 0. The predicted octanol–water partition coefficient (Wildman–Crippen LogP) is 2.54. The number of fused-ring (bicyclic) bond motifs is 3. The van der Waals surface area contributed by atoms with Gasteiger partial charge in [0.2, 0.25) is 5.13 Å². The minimum absolute atomic E-state index is 0. The summed E-state index contributed by atoms with van der Waals surface area (Å²) >= 11 is 1.58. The second-order valence-electron chi connectivity index (χ2n) is 3.81. The summed E-state index contributed by atoms with van der Waals surface area (Å²) in [7, 11) is 0. The molecule has 2 aromatic rings. The van der Waals surface area contributed by atoms with Gasteiger partial charge in [0.15, 0.2) is 0 Å². The van der Waals surface area contributed by atoms with Crippen LogP contribution in [-0.2, 0) is 29.6 Å². The van der Waals surface area contributed by atoms with Gasteiger partial charge in [-0.2, -0.15) is 0 Å². The molecule has 4 nitrogen and oxygen atoms in total. The van der Waals surface area contributed by atoms with Crippen molar-refractivity contribution in [3.8, 4) is 11.3 Å². The molecule has 0 amide bonds. The molecule has 0 unspecified atom stereocenters. The first-order chi connectivity index (χ1) is 8.38. The maximum Gasteiger partial charge on any atom is 2.00 e. The first-order valence-corrected chi connectivity index (χ1v) is 6.20. The van der Waals surface area contributed by atoms with Gasteiger partial charge in [-0.05, 0) is 18.4 Å². The SMILES string of the molecule is ON/C=N\c1nc2c(s1)CCc1ccccc1-2.[Co+2]. The molecule has 0 atom stereocenters. The predicted molar refractivity (Wildman–Crippen MR) is 68.0 cm³/mol. The summed E-state index contributed by atoms with van der Waals surface area (Å²) in [6, 6.07) is 8.34. The maximum atomic E-state index is 8.47. The number of aliphatic imine (C=N–C) groups is 1. The zero-order valence-electron chi connectivity index (χ0n) is 9.38. The van der Waals surface area contributed by atoms with Gasteiger partial charge < -0.3 is 0 Å². The summed E-state index contributed by atoms with van der Waals surface area (Å²) in [6.07, 6.45) is 3.31. The molecule has 1 aliphatic carbocycles. The smallest absolute Gasteiger partial charge is 0.290 e. The van der Waals surface area contributed by atoms with E-state index < -0.39 is 0 Å². The van der Waals surface area contributed by atoms with Crippen molar-refractivity contribution in [1.82, 2.24) is 10.5 Å². The van der Waals surface area contributed by atoms with Crippen LogP contribution in [0.25, 0.3) is 11.3 Å². The fraction of sp³-hybridized carbons (Fsp3) is 0.167. The zero-order chi connectivity index (χ0) is 11.7. The van der Waals surface area contributed by atoms with Gasteiger partial charge >= 0.3 is 16.8 Å². The summed E-state index contributed by atoms with van der Waals surface area (Å²) in [4.78, 5) is 9.80. The van der Waals surface area contributed by atoms with Crippen LogP contribution in [0.3, 0.4) is 0 Å². The van der Waals surface area contributed by atoms with Crippen molar-refractivity contribution in [1.29, 1.82) is 0 Å². The van der Waals surface area contributed by atoms with Crippen molar-refractivity contribution < 1.29 is 22.0 Å². The van der Waals surface area contributed by atoms with Crippen LogP contribution in [0.1, 0.15) is 10.4 Å². The van der Waals surface area contributed by atoms with E-state index in [1.54, 1.807) is 11.3 Å². The summed E-state index contributed by atoms with van der Waals surface area (Å²) in [5.41, 5.74) is 5.49. The zero-order valence-corrected chi connectivity index (χ0v) is 11.2. The van der Waals surface area contributed by atoms with Crippen molar-refractivity contribution in [3.63, 3.8) is 0 Å². The quantitative estimate of drug-likeness (QED) is 0.509. The standard InChI is InChI=1S/C12H11N3OS.Co/c16-14-7-13-12-15-11-9-4-2-1-3-8(9)5-6-10(11)17-12;/h1-4,7,16H,5-6H2,(H,13,14,15);/q;+2. The Bertz CT molecular complexity index is 582. The van der Waals surface area contributed by atoms with Crippen molar-refractivity contribution in [2.75, 3.05) is 0 Å². The van der Waals surface area contributed by atoms with E-state index >= 15 is 0 Å². The molecule has 1 radical (unpaired) electrons. The second kappa shape index (κ2) is 5.62. The maximum absolute atomic E-state index is 8.47. The number of nitrogens with zero attached hydrogens (tertiary/aromatic N) is 2. The Morgan fingerprint density at radius 3 is 3.00 bits per heavy atom. The van der Waals surface area contributed by atoms with E-state index in [4.69, 9.17) is 5.21 Å². The third-order valence-electron chi connectivity index (χ3n) is 2.81. The van der Waals surface area contributed by atoms with Crippen LogP contribution in [0.5, 0.6) is 0 Å². The Balaban J connectivity index is 0.00000120. The molecular formula is C12H11CoN3OS+2. The second-order valence-corrected chi connectivity index (χ2v) is 4.87. The van der Waals surface area contributed by atoms with Crippen LogP contribution in [0.4, 0.5) is 5.13 Å². The normalized spacial score (nSPS) is 12.7. The van der Waals surface area contributed by atoms with Gasteiger partial charge in [0.1, 0.15) is 6.34 Å². The van der Waals surface area contributed by atoms with Crippen molar-refractivity contribution >= 4 is 22.8 Å². The van der Waals surface area contributed by atoms with E-state index in [2.05, 4.69) is 28.2 Å². The molecular weight excluding hydrogens is 293 g/mol. The summed E-state index contributed by atoms with van der Waals surface area (Å²) in [5, 5.41) is 9.14. The molecule has 1 aliphatic rings. The first-order valence-electron chi connectivity index (χ1n) is 5.38. The van der Waals surface area contributed by atoms with Gasteiger partial charge in [-0.15, -0.1) is 0 Å². The number of hydroxylamine groups is 1. The fourth-order valence-corrected chi connectivity index (χ4v) is 3.00. The number of benzene rings is 1. The molecule has 18 heavy (non-hydrogen) atoms. The molecule has 0 aliphatic heterocycles. The Hall–Kier alpha value is -1.21. The number of aromatic nitrogens is 1. The molecule has 1 aromatic carbocycles. The van der Waals surface area contributed by atoms with Gasteiger partial charge in [0.05, 0.1) is 5.69 Å². The van der Waals surface area contributed by atoms with Crippen LogP contribution in [0.15, 0.2) is 29.3 Å². The fourth-order valence-electron chi connectivity index (χ4n) is 2.08. The Kier molecular flexibility index (Phi) is 4.13. The van der Waals surface area contributed by atoms with Crippen LogP contribution < -0.4 is 5.48 Å². The van der Waals surface area contributed by atoms with Crippen LogP contribution in [0.2, 0.25) is 0 Å². The average Bonchev–Trinajstić information content (AvgIpc) is 2.79. The molecule has 93 valence electrons. The largest absolute Gasteiger partial charge is 2.00 e.